The SMILES string of the molecule is CCC[C@H](C)NC(=O)CSc1nnc(NC2CC2)s1. The minimum Gasteiger partial charge on any atom is -0.357 e. The van der Waals surface area contributed by atoms with Crippen molar-refractivity contribution in [3.8, 4) is 0 Å². The van der Waals surface area contributed by atoms with Crippen molar-refractivity contribution < 1.29 is 4.79 Å². The monoisotopic (exact) mass is 300 g/mol. The zero-order valence-corrected chi connectivity index (χ0v) is 12.9. The molecule has 0 aliphatic heterocycles. The molecule has 19 heavy (non-hydrogen) atoms. The maximum Gasteiger partial charge on any atom is 0.230 e. The van der Waals surface area contributed by atoms with Crippen molar-refractivity contribution in [1.29, 1.82) is 0 Å². The molecule has 1 heterocycles. The molecule has 0 spiro atoms. The van der Waals surface area contributed by atoms with Gasteiger partial charge in [-0.3, -0.25) is 4.79 Å². The van der Waals surface area contributed by atoms with Crippen molar-refractivity contribution >= 4 is 34.1 Å². The molecule has 2 rings (SSSR count). The number of anilines is 1. The summed E-state index contributed by atoms with van der Waals surface area (Å²) in [6, 6.07) is 0.837. The van der Waals surface area contributed by atoms with Gasteiger partial charge in [-0.2, -0.15) is 0 Å². The smallest absolute Gasteiger partial charge is 0.230 e. The summed E-state index contributed by atoms with van der Waals surface area (Å²) < 4.78 is 0.849. The summed E-state index contributed by atoms with van der Waals surface area (Å²) in [4.78, 5) is 11.7. The lowest BCUT2D eigenvalue weighted by Crippen LogP contribution is -2.33. The summed E-state index contributed by atoms with van der Waals surface area (Å²) in [5, 5.41) is 15.3. The number of nitrogens with zero attached hydrogens (tertiary/aromatic N) is 2. The summed E-state index contributed by atoms with van der Waals surface area (Å²) >= 11 is 2.97. The molecule has 1 saturated carbocycles. The molecular weight excluding hydrogens is 280 g/mol. The predicted molar refractivity (Wildman–Crippen MR) is 79.8 cm³/mol. The zero-order valence-electron chi connectivity index (χ0n) is 11.3. The van der Waals surface area contributed by atoms with E-state index >= 15 is 0 Å². The van der Waals surface area contributed by atoms with Crippen LogP contribution in [-0.2, 0) is 4.79 Å². The number of aromatic nitrogens is 2. The van der Waals surface area contributed by atoms with Crippen molar-refractivity contribution in [3.63, 3.8) is 0 Å². The van der Waals surface area contributed by atoms with E-state index in [0.717, 1.165) is 22.3 Å². The van der Waals surface area contributed by atoms with E-state index in [1.165, 1.54) is 35.9 Å². The van der Waals surface area contributed by atoms with Crippen LogP contribution in [0.3, 0.4) is 0 Å². The Morgan fingerprint density at radius 2 is 2.32 bits per heavy atom. The van der Waals surface area contributed by atoms with Gasteiger partial charge in [-0.1, -0.05) is 36.4 Å². The average molecular weight is 300 g/mol. The Hall–Kier alpha value is -0.820. The zero-order chi connectivity index (χ0) is 13.7. The molecule has 1 aliphatic carbocycles. The van der Waals surface area contributed by atoms with E-state index in [1.54, 1.807) is 0 Å². The fourth-order valence-electron chi connectivity index (χ4n) is 1.68. The van der Waals surface area contributed by atoms with Crippen LogP contribution in [0.2, 0.25) is 0 Å². The highest BCUT2D eigenvalue weighted by molar-refractivity contribution is 8.01. The van der Waals surface area contributed by atoms with Crippen LogP contribution in [0.25, 0.3) is 0 Å². The molecule has 0 saturated heterocycles. The van der Waals surface area contributed by atoms with Gasteiger partial charge in [-0.25, -0.2) is 0 Å². The van der Waals surface area contributed by atoms with Crippen LogP contribution in [0.15, 0.2) is 4.34 Å². The molecule has 7 heteroatoms. The number of hydrogen-bond acceptors (Lipinski definition) is 6. The number of carbonyl (C=O) groups is 1. The largest absolute Gasteiger partial charge is 0.357 e. The second-order valence-corrected chi connectivity index (χ2v) is 7.04. The van der Waals surface area contributed by atoms with Gasteiger partial charge in [0.2, 0.25) is 11.0 Å². The molecule has 106 valence electrons. The van der Waals surface area contributed by atoms with Gasteiger partial charge in [0.15, 0.2) is 4.34 Å². The van der Waals surface area contributed by atoms with E-state index in [0.29, 0.717) is 11.8 Å². The lowest BCUT2D eigenvalue weighted by Gasteiger charge is -2.11. The quantitative estimate of drug-likeness (QED) is 0.722. The highest BCUT2D eigenvalue weighted by atomic mass is 32.2. The Bertz CT molecular complexity index is 420. The molecule has 5 nitrogen and oxygen atoms in total. The molecular formula is C12H20N4OS2. The van der Waals surface area contributed by atoms with Crippen LogP contribution >= 0.6 is 23.1 Å². The first-order valence-corrected chi connectivity index (χ1v) is 8.49. The standard InChI is InChI=1S/C12H20N4OS2/c1-3-4-8(2)13-10(17)7-18-12-16-15-11(19-12)14-9-5-6-9/h8-9H,3-7H2,1-2H3,(H,13,17)(H,14,15)/t8-/m0/s1. The van der Waals surface area contributed by atoms with E-state index in [1.807, 2.05) is 6.92 Å². The molecule has 0 aromatic carbocycles. The van der Waals surface area contributed by atoms with E-state index in [9.17, 15) is 4.79 Å². The van der Waals surface area contributed by atoms with Gasteiger partial charge in [-0.15, -0.1) is 10.2 Å². The highest BCUT2D eigenvalue weighted by Gasteiger charge is 2.22. The van der Waals surface area contributed by atoms with Crippen LogP contribution in [0, 0.1) is 0 Å². The number of carbonyl (C=O) groups excluding carboxylic acids is 1. The Balaban J connectivity index is 1.68. The van der Waals surface area contributed by atoms with Gasteiger partial charge in [0.25, 0.3) is 0 Å². The van der Waals surface area contributed by atoms with Crippen molar-refractivity contribution in [2.24, 2.45) is 0 Å². The molecule has 1 aromatic rings. The Morgan fingerprint density at radius 1 is 1.53 bits per heavy atom. The topological polar surface area (TPSA) is 66.9 Å². The summed E-state index contributed by atoms with van der Waals surface area (Å²) in [6.07, 6.45) is 4.55. The average Bonchev–Trinajstić information content (AvgIpc) is 3.04. The van der Waals surface area contributed by atoms with Gasteiger partial charge < -0.3 is 10.6 Å². The van der Waals surface area contributed by atoms with E-state index in [4.69, 9.17) is 0 Å². The van der Waals surface area contributed by atoms with Gasteiger partial charge in [-0.05, 0) is 26.2 Å². The molecule has 1 amide bonds. The maximum absolute atomic E-state index is 11.7. The Kier molecular flexibility index (Phi) is 5.45. The highest BCUT2D eigenvalue weighted by Crippen LogP contribution is 2.29. The van der Waals surface area contributed by atoms with Gasteiger partial charge >= 0.3 is 0 Å². The van der Waals surface area contributed by atoms with Crippen LogP contribution < -0.4 is 10.6 Å². The summed E-state index contributed by atoms with van der Waals surface area (Å²) in [7, 11) is 0. The van der Waals surface area contributed by atoms with E-state index in [-0.39, 0.29) is 11.9 Å². The third kappa shape index (κ3) is 5.36. The van der Waals surface area contributed by atoms with Crippen molar-refractivity contribution in [2.75, 3.05) is 11.1 Å². The Morgan fingerprint density at radius 3 is 3.00 bits per heavy atom. The number of rotatable bonds is 8. The fourth-order valence-corrected chi connectivity index (χ4v) is 3.32. The van der Waals surface area contributed by atoms with Crippen LogP contribution in [0.5, 0.6) is 0 Å². The van der Waals surface area contributed by atoms with Crippen molar-refractivity contribution in [3.05, 3.63) is 0 Å². The second kappa shape index (κ2) is 7.09. The number of nitrogens with one attached hydrogen (secondary N) is 2. The molecule has 0 unspecified atom stereocenters. The lowest BCUT2D eigenvalue weighted by molar-refractivity contribution is -0.119. The number of hydrogen-bond donors (Lipinski definition) is 2. The number of amides is 1. The first kappa shape index (κ1) is 14.6. The molecule has 0 bridgehead atoms. The van der Waals surface area contributed by atoms with Crippen molar-refractivity contribution in [2.45, 2.75) is 56.0 Å². The van der Waals surface area contributed by atoms with Gasteiger partial charge in [0, 0.05) is 12.1 Å². The minimum absolute atomic E-state index is 0.0675. The molecule has 1 aromatic heterocycles. The third-order valence-electron chi connectivity index (χ3n) is 2.77. The van der Waals surface area contributed by atoms with Gasteiger partial charge in [0.1, 0.15) is 0 Å². The molecule has 0 radical (unpaired) electrons. The first-order chi connectivity index (χ1) is 9.17. The lowest BCUT2D eigenvalue weighted by atomic mass is 10.2. The molecule has 1 aliphatic rings. The maximum atomic E-state index is 11.7. The predicted octanol–water partition coefficient (Wildman–Crippen LogP) is 2.51. The van der Waals surface area contributed by atoms with Gasteiger partial charge in [0.05, 0.1) is 5.75 Å². The first-order valence-electron chi connectivity index (χ1n) is 6.69. The van der Waals surface area contributed by atoms with Crippen LogP contribution in [0.4, 0.5) is 5.13 Å². The molecule has 1 fully saturated rings. The fraction of sp³-hybridized carbons (Fsp3) is 0.750. The molecule has 1 atom stereocenters. The molecule has 2 N–H and O–H groups in total. The van der Waals surface area contributed by atoms with E-state index in [2.05, 4.69) is 27.8 Å². The summed E-state index contributed by atoms with van der Waals surface area (Å²) in [5.41, 5.74) is 0. The van der Waals surface area contributed by atoms with Crippen LogP contribution in [-0.4, -0.2) is 33.9 Å². The van der Waals surface area contributed by atoms with E-state index < -0.39 is 0 Å². The van der Waals surface area contributed by atoms with Crippen LogP contribution in [0.1, 0.15) is 39.5 Å². The third-order valence-corrected chi connectivity index (χ3v) is 4.76. The normalized spacial score (nSPS) is 16.1. The summed E-state index contributed by atoms with van der Waals surface area (Å²) in [6.45, 7) is 4.15. The van der Waals surface area contributed by atoms with Crippen molar-refractivity contribution in [1.82, 2.24) is 15.5 Å². The Labute approximate surface area is 122 Å². The number of thioether (sulfide) groups is 1. The summed E-state index contributed by atoms with van der Waals surface area (Å²) in [5.74, 6) is 0.476. The minimum atomic E-state index is 0.0675. The second-order valence-electron chi connectivity index (χ2n) is 4.84.